The van der Waals surface area contributed by atoms with Gasteiger partial charge in [-0.3, -0.25) is 4.79 Å². The second kappa shape index (κ2) is 7.83. The second-order valence-corrected chi connectivity index (χ2v) is 7.27. The minimum atomic E-state index is 0.201. The van der Waals surface area contributed by atoms with Gasteiger partial charge < -0.3 is 5.32 Å². The zero-order valence-corrected chi connectivity index (χ0v) is 14.9. The van der Waals surface area contributed by atoms with Crippen molar-refractivity contribution < 1.29 is 4.79 Å². The van der Waals surface area contributed by atoms with E-state index in [1.54, 1.807) is 0 Å². The van der Waals surface area contributed by atoms with Gasteiger partial charge >= 0.3 is 0 Å². The van der Waals surface area contributed by atoms with Crippen LogP contribution in [0.2, 0.25) is 0 Å². The number of allylic oxidation sites excluding steroid dienone is 4. The van der Waals surface area contributed by atoms with Gasteiger partial charge in [-0.15, -0.1) is 0 Å². The molecule has 1 aromatic rings. The lowest BCUT2D eigenvalue weighted by molar-refractivity contribution is -0.117. The summed E-state index contributed by atoms with van der Waals surface area (Å²) in [5, 5.41) is 3.19. The fourth-order valence-electron chi connectivity index (χ4n) is 3.96. The predicted octanol–water partition coefficient (Wildman–Crippen LogP) is 5.57. The summed E-state index contributed by atoms with van der Waals surface area (Å²) in [6, 6.07) is 6.12. The number of hydrogen-bond acceptors (Lipinski definition) is 1. The molecule has 3 atom stereocenters. The Bertz CT molecular complexity index is 619. The van der Waals surface area contributed by atoms with Crippen LogP contribution in [0.5, 0.6) is 0 Å². The normalized spacial score (nSPS) is 29.5. The van der Waals surface area contributed by atoms with Crippen LogP contribution in [0.25, 0.3) is 0 Å². The van der Waals surface area contributed by atoms with E-state index in [9.17, 15) is 4.79 Å². The topological polar surface area (TPSA) is 29.1 Å². The van der Waals surface area contributed by atoms with Crippen LogP contribution in [0.4, 0.5) is 5.69 Å². The van der Waals surface area contributed by atoms with Crippen LogP contribution >= 0.6 is 0 Å². The molecule has 24 heavy (non-hydrogen) atoms. The molecule has 2 heteroatoms. The molecular formula is C22H29NO. The first kappa shape index (κ1) is 17.0. The van der Waals surface area contributed by atoms with Crippen molar-refractivity contribution in [3.8, 4) is 0 Å². The third kappa shape index (κ3) is 3.98. The summed E-state index contributed by atoms with van der Waals surface area (Å²) < 4.78 is 0. The van der Waals surface area contributed by atoms with E-state index >= 15 is 0 Å². The second-order valence-electron chi connectivity index (χ2n) is 7.27. The SMILES string of the molecule is Cc1cccc(NC(=O)C2[C@@H]3CC/C=C\CC/C=C/CC[C@@H]23)c1C. The molecule has 1 aromatic carbocycles. The van der Waals surface area contributed by atoms with Gasteiger partial charge in [0.1, 0.15) is 0 Å². The Balaban J connectivity index is 1.65. The maximum atomic E-state index is 12.8. The Morgan fingerprint density at radius 2 is 1.50 bits per heavy atom. The van der Waals surface area contributed by atoms with E-state index in [1.807, 2.05) is 12.1 Å². The van der Waals surface area contributed by atoms with Crippen LogP contribution in [0, 0.1) is 31.6 Å². The summed E-state index contributed by atoms with van der Waals surface area (Å²) in [4.78, 5) is 12.8. The first-order chi connectivity index (χ1) is 11.7. The Hall–Kier alpha value is -1.83. The van der Waals surface area contributed by atoms with Gasteiger partial charge in [-0.25, -0.2) is 0 Å². The van der Waals surface area contributed by atoms with Crippen molar-refractivity contribution in [2.24, 2.45) is 17.8 Å². The van der Waals surface area contributed by atoms with Gasteiger partial charge in [-0.2, -0.15) is 0 Å². The van der Waals surface area contributed by atoms with Crippen molar-refractivity contribution in [1.82, 2.24) is 0 Å². The standard InChI is InChI=1S/C22H29NO/c1-16-12-11-15-20(17(16)2)23-22(24)21-18-13-9-7-5-3-4-6-8-10-14-19(18)21/h5-8,11-12,15,18-19,21H,3-4,9-10,13-14H2,1-2H3,(H,23,24)/b7-5-,8-6+/t18-,19-,21?/m1/s1. The molecule has 128 valence electrons. The van der Waals surface area contributed by atoms with E-state index in [0.29, 0.717) is 11.8 Å². The molecule has 3 rings (SSSR count). The van der Waals surface area contributed by atoms with E-state index in [2.05, 4.69) is 49.5 Å². The van der Waals surface area contributed by atoms with Crippen molar-refractivity contribution in [2.45, 2.75) is 52.4 Å². The fraction of sp³-hybridized carbons (Fsp3) is 0.500. The molecule has 0 radical (unpaired) electrons. The van der Waals surface area contributed by atoms with Gasteiger partial charge in [-0.1, -0.05) is 36.4 Å². The van der Waals surface area contributed by atoms with Crippen molar-refractivity contribution >= 4 is 11.6 Å². The third-order valence-corrected chi connectivity index (χ3v) is 5.66. The Kier molecular flexibility index (Phi) is 5.55. The molecule has 1 fully saturated rings. The summed E-state index contributed by atoms with van der Waals surface area (Å²) >= 11 is 0. The first-order valence-electron chi connectivity index (χ1n) is 9.35. The third-order valence-electron chi connectivity index (χ3n) is 5.66. The number of hydrogen-bond donors (Lipinski definition) is 1. The highest BCUT2D eigenvalue weighted by molar-refractivity contribution is 5.95. The van der Waals surface area contributed by atoms with Crippen molar-refractivity contribution in [1.29, 1.82) is 0 Å². The summed E-state index contributed by atoms with van der Waals surface area (Å²) in [6.07, 6.45) is 16.0. The van der Waals surface area contributed by atoms with Crippen LogP contribution < -0.4 is 5.32 Å². The van der Waals surface area contributed by atoms with Gasteiger partial charge in [0.2, 0.25) is 5.91 Å². The highest BCUT2D eigenvalue weighted by Gasteiger charge is 2.52. The Labute approximate surface area is 146 Å². The highest BCUT2D eigenvalue weighted by Crippen LogP contribution is 2.52. The Morgan fingerprint density at radius 1 is 0.917 bits per heavy atom. The van der Waals surface area contributed by atoms with E-state index in [4.69, 9.17) is 0 Å². The number of amides is 1. The minimum absolute atomic E-state index is 0.201. The number of fused-ring (bicyclic) bond motifs is 1. The molecule has 0 heterocycles. The largest absolute Gasteiger partial charge is 0.326 e. The number of carbonyl (C=O) groups excluding carboxylic acids is 1. The number of rotatable bonds is 2. The lowest BCUT2D eigenvalue weighted by atomic mass is 10.1. The molecule has 0 saturated heterocycles. The summed E-state index contributed by atoms with van der Waals surface area (Å²) in [5.74, 6) is 1.55. The van der Waals surface area contributed by atoms with Crippen molar-refractivity contribution in [3.05, 3.63) is 53.6 Å². The van der Waals surface area contributed by atoms with E-state index in [0.717, 1.165) is 44.2 Å². The molecule has 2 aliphatic carbocycles. The quantitative estimate of drug-likeness (QED) is 0.708. The average molecular weight is 323 g/mol. The number of aryl methyl sites for hydroxylation is 1. The van der Waals surface area contributed by atoms with E-state index in [1.165, 1.54) is 11.1 Å². The molecule has 1 amide bonds. The van der Waals surface area contributed by atoms with Gasteiger partial charge in [0.15, 0.2) is 0 Å². The molecule has 0 aliphatic heterocycles. The molecule has 0 aromatic heterocycles. The summed E-state index contributed by atoms with van der Waals surface area (Å²) in [5.41, 5.74) is 3.38. The maximum absolute atomic E-state index is 12.8. The minimum Gasteiger partial charge on any atom is -0.326 e. The van der Waals surface area contributed by atoms with Crippen LogP contribution in [-0.4, -0.2) is 5.91 Å². The Morgan fingerprint density at radius 3 is 2.12 bits per heavy atom. The monoisotopic (exact) mass is 323 g/mol. The number of anilines is 1. The lowest BCUT2D eigenvalue weighted by Crippen LogP contribution is -2.16. The predicted molar refractivity (Wildman–Crippen MR) is 101 cm³/mol. The summed E-state index contributed by atoms with van der Waals surface area (Å²) in [6.45, 7) is 4.17. The lowest BCUT2D eigenvalue weighted by Gasteiger charge is -2.10. The van der Waals surface area contributed by atoms with Gasteiger partial charge in [0, 0.05) is 11.6 Å². The molecule has 1 saturated carbocycles. The highest BCUT2D eigenvalue weighted by atomic mass is 16.2. The van der Waals surface area contributed by atoms with Crippen LogP contribution in [0.15, 0.2) is 42.5 Å². The molecule has 1 unspecified atom stereocenters. The number of benzene rings is 1. The molecule has 0 bridgehead atoms. The van der Waals surface area contributed by atoms with Crippen molar-refractivity contribution in [2.75, 3.05) is 5.32 Å². The smallest absolute Gasteiger partial charge is 0.228 e. The van der Waals surface area contributed by atoms with Crippen LogP contribution in [0.3, 0.4) is 0 Å². The first-order valence-corrected chi connectivity index (χ1v) is 9.35. The van der Waals surface area contributed by atoms with Gasteiger partial charge in [0.25, 0.3) is 0 Å². The molecule has 1 N–H and O–H groups in total. The van der Waals surface area contributed by atoms with E-state index in [-0.39, 0.29) is 11.8 Å². The zero-order chi connectivity index (χ0) is 16.9. The molecular weight excluding hydrogens is 294 g/mol. The van der Waals surface area contributed by atoms with E-state index < -0.39 is 0 Å². The number of nitrogens with one attached hydrogen (secondary N) is 1. The van der Waals surface area contributed by atoms with Gasteiger partial charge in [0.05, 0.1) is 0 Å². The van der Waals surface area contributed by atoms with Gasteiger partial charge in [-0.05, 0) is 81.4 Å². The number of carbonyl (C=O) groups is 1. The average Bonchev–Trinajstić information content (AvgIpc) is 3.24. The molecule has 2 aliphatic rings. The zero-order valence-electron chi connectivity index (χ0n) is 14.9. The maximum Gasteiger partial charge on any atom is 0.228 e. The van der Waals surface area contributed by atoms with Crippen molar-refractivity contribution in [3.63, 3.8) is 0 Å². The summed E-state index contributed by atoms with van der Waals surface area (Å²) in [7, 11) is 0. The van der Waals surface area contributed by atoms with Crippen LogP contribution in [-0.2, 0) is 4.79 Å². The molecule has 0 spiro atoms. The fourth-order valence-corrected chi connectivity index (χ4v) is 3.96. The molecule has 2 nitrogen and oxygen atoms in total. The van der Waals surface area contributed by atoms with Crippen LogP contribution in [0.1, 0.15) is 49.7 Å².